The highest BCUT2D eigenvalue weighted by molar-refractivity contribution is 7.98. The van der Waals surface area contributed by atoms with Crippen molar-refractivity contribution in [3.63, 3.8) is 0 Å². The number of nitrogens with zero attached hydrogens (tertiary/aromatic N) is 2. The normalized spacial score (nSPS) is 14.6. The molecule has 0 aromatic heterocycles. The lowest BCUT2D eigenvalue weighted by molar-refractivity contribution is -0.122. The van der Waals surface area contributed by atoms with Crippen molar-refractivity contribution in [2.75, 3.05) is 57.0 Å². The molecule has 156 valence electrons. The first-order valence-electron chi connectivity index (χ1n) is 10.2. The zero-order valence-corrected chi connectivity index (χ0v) is 18.2. The summed E-state index contributed by atoms with van der Waals surface area (Å²) in [5.74, 6) is 2.94. The molecular weight excluding hydrogens is 382 g/mol. The monoisotopic (exact) mass is 413 g/mol. The molecule has 5 nitrogen and oxygen atoms in total. The molecule has 0 spiro atoms. The summed E-state index contributed by atoms with van der Waals surface area (Å²) in [5, 5.41) is 3.05. The Morgan fingerprint density at radius 2 is 1.79 bits per heavy atom. The van der Waals surface area contributed by atoms with E-state index in [0.717, 1.165) is 55.7 Å². The molecule has 1 N–H and O–H groups in total. The van der Waals surface area contributed by atoms with Gasteiger partial charge >= 0.3 is 0 Å². The fraction of sp³-hybridized carbons (Fsp3) is 0.435. The third kappa shape index (κ3) is 6.68. The van der Waals surface area contributed by atoms with Gasteiger partial charge in [0.25, 0.3) is 0 Å². The fourth-order valence-corrected chi connectivity index (χ4v) is 4.25. The van der Waals surface area contributed by atoms with Crippen LogP contribution in [0.2, 0.25) is 0 Å². The highest BCUT2D eigenvalue weighted by Crippen LogP contribution is 2.28. The van der Waals surface area contributed by atoms with Crippen molar-refractivity contribution in [3.05, 3.63) is 59.7 Å². The molecule has 1 aliphatic rings. The van der Waals surface area contributed by atoms with Gasteiger partial charge in [-0.1, -0.05) is 42.0 Å². The standard InChI is InChI=1S/C23H31N3O2S/c1-19-7-9-20(10-8-19)18-29-16-11-24-23(27)17-25-12-14-26(15-13-25)21-5-3-4-6-22(21)28-2/h3-10H,11-18H2,1-2H3,(H,24,27). The van der Waals surface area contributed by atoms with E-state index < -0.39 is 0 Å². The molecule has 0 saturated carbocycles. The second-order valence-corrected chi connectivity index (χ2v) is 8.43. The molecule has 3 rings (SSSR count). The minimum absolute atomic E-state index is 0.117. The van der Waals surface area contributed by atoms with E-state index >= 15 is 0 Å². The van der Waals surface area contributed by atoms with E-state index in [1.54, 1.807) is 7.11 Å². The molecule has 0 atom stereocenters. The number of carbonyl (C=O) groups is 1. The number of methoxy groups -OCH3 is 1. The zero-order valence-electron chi connectivity index (χ0n) is 17.4. The quantitative estimate of drug-likeness (QED) is 0.640. The van der Waals surface area contributed by atoms with Crippen LogP contribution in [0.15, 0.2) is 48.5 Å². The third-order valence-electron chi connectivity index (χ3n) is 5.12. The molecule has 0 radical (unpaired) electrons. The van der Waals surface area contributed by atoms with Gasteiger partial charge in [-0.3, -0.25) is 9.69 Å². The van der Waals surface area contributed by atoms with Crippen molar-refractivity contribution in [2.24, 2.45) is 0 Å². The topological polar surface area (TPSA) is 44.8 Å². The number of carbonyl (C=O) groups excluding carboxylic acids is 1. The smallest absolute Gasteiger partial charge is 0.234 e. The van der Waals surface area contributed by atoms with E-state index in [2.05, 4.69) is 52.4 Å². The second-order valence-electron chi connectivity index (χ2n) is 7.32. The molecule has 0 bridgehead atoms. The summed E-state index contributed by atoms with van der Waals surface area (Å²) in [6.07, 6.45) is 0. The van der Waals surface area contributed by atoms with Crippen LogP contribution < -0.4 is 15.0 Å². The number of aryl methyl sites for hydroxylation is 1. The summed E-state index contributed by atoms with van der Waals surface area (Å²) >= 11 is 1.85. The number of thioether (sulfide) groups is 1. The fourth-order valence-electron chi connectivity index (χ4n) is 3.43. The lowest BCUT2D eigenvalue weighted by Crippen LogP contribution is -2.49. The highest BCUT2D eigenvalue weighted by Gasteiger charge is 2.20. The van der Waals surface area contributed by atoms with Crippen LogP contribution in [0.4, 0.5) is 5.69 Å². The average Bonchev–Trinajstić information content (AvgIpc) is 2.75. The Kier molecular flexibility index (Phi) is 8.25. The van der Waals surface area contributed by atoms with Crippen molar-refractivity contribution in [2.45, 2.75) is 12.7 Å². The minimum Gasteiger partial charge on any atom is -0.495 e. The molecule has 2 aromatic rings. The van der Waals surface area contributed by atoms with Gasteiger partial charge < -0.3 is 15.0 Å². The summed E-state index contributed by atoms with van der Waals surface area (Å²) in [4.78, 5) is 16.8. The SMILES string of the molecule is COc1ccccc1N1CCN(CC(=O)NCCSCc2ccc(C)cc2)CC1. The van der Waals surface area contributed by atoms with Gasteiger partial charge in [0.15, 0.2) is 0 Å². The summed E-state index contributed by atoms with van der Waals surface area (Å²) in [5.41, 5.74) is 3.75. The molecule has 0 unspecified atom stereocenters. The van der Waals surface area contributed by atoms with Gasteiger partial charge in [0.05, 0.1) is 19.3 Å². The van der Waals surface area contributed by atoms with Crippen LogP contribution in [0.5, 0.6) is 5.75 Å². The van der Waals surface area contributed by atoms with E-state index in [0.29, 0.717) is 6.54 Å². The van der Waals surface area contributed by atoms with Gasteiger partial charge in [0, 0.05) is 44.2 Å². The van der Waals surface area contributed by atoms with Crippen LogP contribution in [-0.4, -0.2) is 62.9 Å². The Hall–Kier alpha value is -2.18. The summed E-state index contributed by atoms with van der Waals surface area (Å²) in [6, 6.07) is 16.7. The molecule has 1 heterocycles. The summed E-state index contributed by atoms with van der Waals surface area (Å²) < 4.78 is 5.47. The van der Waals surface area contributed by atoms with Gasteiger partial charge in [0.2, 0.25) is 5.91 Å². The van der Waals surface area contributed by atoms with Crippen LogP contribution >= 0.6 is 11.8 Å². The Bertz CT molecular complexity index is 774. The number of hydrogen-bond donors (Lipinski definition) is 1. The van der Waals surface area contributed by atoms with Crippen molar-refractivity contribution >= 4 is 23.4 Å². The van der Waals surface area contributed by atoms with Crippen molar-refractivity contribution in [1.82, 2.24) is 10.2 Å². The molecule has 6 heteroatoms. The van der Waals surface area contributed by atoms with E-state index in [9.17, 15) is 4.79 Å². The molecule has 1 aliphatic heterocycles. The predicted octanol–water partition coefficient (Wildman–Crippen LogP) is 3.18. The van der Waals surface area contributed by atoms with Gasteiger partial charge in [0.1, 0.15) is 5.75 Å². The Balaban J connectivity index is 1.31. The van der Waals surface area contributed by atoms with Crippen LogP contribution in [-0.2, 0) is 10.5 Å². The lowest BCUT2D eigenvalue weighted by Gasteiger charge is -2.36. The number of piperazine rings is 1. The number of rotatable bonds is 9. The maximum atomic E-state index is 12.2. The number of benzene rings is 2. The largest absolute Gasteiger partial charge is 0.495 e. The van der Waals surface area contributed by atoms with Gasteiger partial charge in [-0.05, 0) is 24.6 Å². The van der Waals surface area contributed by atoms with E-state index in [-0.39, 0.29) is 5.91 Å². The predicted molar refractivity (Wildman–Crippen MR) is 122 cm³/mol. The second kappa shape index (κ2) is 11.1. The number of amides is 1. The van der Waals surface area contributed by atoms with Crippen LogP contribution in [0.1, 0.15) is 11.1 Å². The summed E-state index contributed by atoms with van der Waals surface area (Å²) in [7, 11) is 1.71. The van der Waals surface area contributed by atoms with Gasteiger partial charge in [-0.15, -0.1) is 0 Å². The number of anilines is 1. The van der Waals surface area contributed by atoms with Gasteiger partial charge in [-0.25, -0.2) is 0 Å². The Morgan fingerprint density at radius 1 is 1.07 bits per heavy atom. The molecule has 1 saturated heterocycles. The molecule has 0 aliphatic carbocycles. The van der Waals surface area contributed by atoms with Crippen molar-refractivity contribution < 1.29 is 9.53 Å². The molecule has 29 heavy (non-hydrogen) atoms. The average molecular weight is 414 g/mol. The number of ether oxygens (including phenoxy) is 1. The molecule has 2 aromatic carbocycles. The van der Waals surface area contributed by atoms with E-state index in [1.165, 1.54) is 11.1 Å². The zero-order chi connectivity index (χ0) is 20.5. The van der Waals surface area contributed by atoms with Crippen molar-refractivity contribution in [1.29, 1.82) is 0 Å². The number of hydrogen-bond acceptors (Lipinski definition) is 5. The van der Waals surface area contributed by atoms with Gasteiger partial charge in [-0.2, -0.15) is 11.8 Å². The minimum atomic E-state index is 0.117. The lowest BCUT2D eigenvalue weighted by atomic mass is 10.2. The first-order valence-corrected chi connectivity index (χ1v) is 11.3. The first-order chi connectivity index (χ1) is 14.2. The maximum absolute atomic E-state index is 12.2. The molecule has 1 amide bonds. The molecule has 1 fully saturated rings. The number of para-hydroxylation sites is 2. The highest BCUT2D eigenvalue weighted by atomic mass is 32.2. The van der Waals surface area contributed by atoms with E-state index in [4.69, 9.17) is 4.74 Å². The van der Waals surface area contributed by atoms with Crippen molar-refractivity contribution in [3.8, 4) is 5.75 Å². The van der Waals surface area contributed by atoms with E-state index in [1.807, 2.05) is 30.0 Å². The Morgan fingerprint density at radius 3 is 2.52 bits per heavy atom. The van der Waals surface area contributed by atoms with Crippen LogP contribution in [0.25, 0.3) is 0 Å². The van der Waals surface area contributed by atoms with Crippen LogP contribution in [0.3, 0.4) is 0 Å². The third-order valence-corrected chi connectivity index (χ3v) is 6.15. The Labute approximate surface area is 178 Å². The summed E-state index contributed by atoms with van der Waals surface area (Å²) in [6.45, 7) is 6.87. The number of nitrogens with one attached hydrogen (secondary N) is 1. The van der Waals surface area contributed by atoms with Crippen LogP contribution in [0, 0.1) is 6.92 Å². The first kappa shape index (κ1) is 21.5. The maximum Gasteiger partial charge on any atom is 0.234 e. The molecular formula is C23H31N3O2S.